The lowest BCUT2D eigenvalue weighted by atomic mass is 10.1. The summed E-state index contributed by atoms with van der Waals surface area (Å²) in [5, 5.41) is 2.68. The molecule has 0 aliphatic carbocycles. The second-order valence-electron chi connectivity index (χ2n) is 4.14. The fraction of sp³-hybridized carbons (Fsp3) is 0.133. The molecular weight excluding hydrogens is 240 g/mol. The van der Waals surface area contributed by atoms with Crippen LogP contribution in [0.25, 0.3) is 0 Å². The van der Waals surface area contributed by atoms with E-state index in [0.717, 1.165) is 0 Å². The number of benzene rings is 1. The zero-order valence-electron chi connectivity index (χ0n) is 10.6. The number of nitrogens with zero attached hydrogens (tertiary/aromatic N) is 1. The second-order valence-corrected chi connectivity index (χ2v) is 4.14. The predicted molar refractivity (Wildman–Crippen MR) is 73.0 cm³/mol. The van der Waals surface area contributed by atoms with Crippen LogP contribution in [0.1, 0.15) is 23.0 Å². The van der Waals surface area contributed by atoms with Crippen LogP contribution in [0.5, 0.6) is 0 Å². The van der Waals surface area contributed by atoms with E-state index >= 15 is 0 Å². The van der Waals surface area contributed by atoms with E-state index in [2.05, 4.69) is 10.3 Å². The average molecular weight is 254 g/mol. The maximum Gasteiger partial charge on any atom is 0.221 e. The molecule has 0 spiro atoms. The molecule has 0 aliphatic rings. The number of ketones is 1. The predicted octanol–water partition coefficient (Wildman–Crippen LogP) is 2.47. The van der Waals surface area contributed by atoms with Crippen molar-refractivity contribution in [1.82, 2.24) is 4.98 Å². The van der Waals surface area contributed by atoms with E-state index in [0.29, 0.717) is 16.9 Å². The number of carbonyl (C=O) groups is 2. The molecule has 0 saturated heterocycles. The summed E-state index contributed by atoms with van der Waals surface area (Å²) in [6.07, 6.45) is 1.78. The molecule has 4 heteroatoms. The normalized spacial score (nSPS) is 9.95. The van der Waals surface area contributed by atoms with Crippen LogP contribution in [0, 0.1) is 0 Å². The molecule has 1 heterocycles. The molecule has 0 saturated carbocycles. The van der Waals surface area contributed by atoms with Gasteiger partial charge < -0.3 is 5.32 Å². The molecule has 1 aromatic heterocycles. The van der Waals surface area contributed by atoms with Crippen molar-refractivity contribution in [2.45, 2.75) is 13.3 Å². The van der Waals surface area contributed by atoms with E-state index in [1.165, 1.54) is 6.92 Å². The molecule has 2 rings (SSSR count). The number of amides is 1. The van der Waals surface area contributed by atoms with Crippen molar-refractivity contribution in [3.8, 4) is 0 Å². The molecule has 1 aromatic carbocycles. The minimum Gasteiger partial charge on any atom is -0.325 e. The molecule has 0 aliphatic heterocycles. The van der Waals surface area contributed by atoms with Crippen LogP contribution in [-0.4, -0.2) is 16.7 Å². The van der Waals surface area contributed by atoms with Crippen molar-refractivity contribution in [3.05, 3.63) is 59.9 Å². The van der Waals surface area contributed by atoms with Gasteiger partial charge in [0, 0.05) is 18.7 Å². The maximum absolute atomic E-state index is 12.1. The number of pyridine rings is 1. The van der Waals surface area contributed by atoms with Gasteiger partial charge in [-0.2, -0.15) is 0 Å². The topological polar surface area (TPSA) is 59.1 Å². The van der Waals surface area contributed by atoms with Crippen LogP contribution in [0.15, 0.2) is 48.7 Å². The van der Waals surface area contributed by atoms with Gasteiger partial charge in [-0.15, -0.1) is 0 Å². The monoisotopic (exact) mass is 254 g/mol. The smallest absolute Gasteiger partial charge is 0.221 e. The lowest BCUT2D eigenvalue weighted by Crippen LogP contribution is -2.12. The lowest BCUT2D eigenvalue weighted by Gasteiger charge is -2.08. The Balaban J connectivity index is 2.19. The van der Waals surface area contributed by atoms with Gasteiger partial charge in [0.15, 0.2) is 5.78 Å². The number of hydrogen-bond donors (Lipinski definition) is 1. The Hall–Kier alpha value is -2.49. The van der Waals surface area contributed by atoms with Crippen molar-refractivity contribution in [2.75, 3.05) is 5.32 Å². The molecule has 0 atom stereocenters. The van der Waals surface area contributed by atoms with Gasteiger partial charge in [0.05, 0.1) is 17.8 Å². The van der Waals surface area contributed by atoms with E-state index in [9.17, 15) is 9.59 Å². The highest BCUT2D eigenvalue weighted by molar-refractivity contribution is 5.98. The maximum atomic E-state index is 12.1. The molecule has 0 fully saturated rings. The molecule has 4 nitrogen and oxygen atoms in total. The summed E-state index contributed by atoms with van der Waals surface area (Å²) >= 11 is 0. The number of carbonyl (C=O) groups excluding carboxylic acids is 2. The third-order valence-corrected chi connectivity index (χ3v) is 2.62. The van der Waals surface area contributed by atoms with E-state index < -0.39 is 0 Å². The molecule has 19 heavy (non-hydrogen) atoms. The summed E-state index contributed by atoms with van der Waals surface area (Å²) in [6, 6.07) is 12.5. The molecule has 0 unspecified atom stereocenters. The van der Waals surface area contributed by atoms with Crippen LogP contribution in [0.2, 0.25) is 0 Å². The summed E-state index contributed by atoms with van der Waals surface area (Å²) in [6.45, 7) is 1.43. The zero-order chi connectivity index (χ0) is 13.7. The first kappa shape index (κ1) is 13.0. The Morgan fingerprint density at radius 3 is 2.53 bits per heavy atom. The molecule has 1 N–H and O–H groups in total. The fourth-order valence-electron chi connectivity index (χ4n) is 1.76. The first-order valence-electron chi connectivity index (χ1n) is 5.96. The van der Waals surface area contributed by atoms with Gasteiger partial charge in [-0.05, 0) is 12.1 Å². The van der Waals surface area contributed by atoms with Crippen LogP contribution < -0.4 is 5.32 Å². The summed E-state index contributed by atoms with van der Waals surface area (Å²) < 4.78 is 0. The summed E-state index contributed by atoms with van der Waals surface area (Å²) in [4.78, 5) is 27.4. The number of rotatable bonds is 4. The Morgan fingerprint density at radius 2 is 1.84 bits per heavy atom. The molecule has 0 bridgehead atoms. The zero-order valence-corrected chi connectivity index (χ0v) is 10.6. The van der Waals surface area contributed by atoms with Gasteiger partial charge in [0.1, 0.15) is 0 Å². The van der Waals surface area contributed by atoms with Crippen molar-refractivity contribution >= 4 is 17.4 Å². The minimum absolute atomic E-state index is 0.0223. The minimum atomic E-state index is -0.179. The summed E-state index contributed by atoms with van der Waals surface area (Å²) in [5.41, 5.74) is 1.80. The quantitative estimate of drug-likeness (QED) is 0.853. The van der Waals surface area contributed by atoms with E-state index in [1.54, 1.807) is 30.5 Å². The molecule has 2 aromatic rings. The lowest BCUT2D eigenvalue weighted by molar-refractivity contribution is -0.114. The Bertz CT molecular complexity index is 594. The molecular formula is C15H14N2O2. The van der Waals surface area contributed by atoms with Gasteiger partial charge in [-0.3, -0.25) is 14.6 Å². The molecule has 0 radical (unpaired) electrons. The Labute approximate surface area is 111 Å². The highest BCUT2D eigenvalue weighted by atomic mass is 16.1. The van der Waals surface area contributed by atoms with Crippen molar-refractivity contribution in [2.24, 2.45) is 0 Å². The third-order valence-electron chi connectivity index (χ3n) is 2.62. The standard InChI is InChI=1S/C15H14N2O2/c1-11(18)17-13-8-5-9-16-14(13)10-15(19)12-6-3-2-4-7-12/h2-9H,10H2,1H3,(H,17,18). The third kappa shape index (κ3) is 3.48. The second kappa shape index (κ2) is 5.91. The van der Waals surface area contributed by atoms with Crippen LogP contribution in [0.3, 0.4) is 0 Å². The van der Waals surface area contributed by atoms with E-state index in [1.807, 2.05) is 18.2 Å². The van der Waals surface area contributed by atoms with Gasteiger partial charge >= 0.3 is 0 Å². The SMILES string of the molecule is CC(=O)Nc1cccnc1CC(=O)c1ccccc1. The largest absolute Gasteiger partial charge is 0.325 e. The van der Waals surface area contributed by atoms with E-state index in [4.69, 9.17) is 0 Å². The van der Waals surface area contributed by atoms with Crippen molar-refractivity contribution < 1.29 is 9.59 Å². The first-order valence-corrected chi connectivity index (χ1v) is 5.96. The highest BCUT2D eigenvalue weighted by Gasteiger charge is 2.11. The Kier molecular flexibility index (Phi) is 4.03. The van der Waals surface area contributed by atoms with Gasteiger partial charge in [0.25, 0.3) is 0 Å². The van der Waals surface area contributed by atoms with Gasteiger partial charge in [0.2, 0.25) is 5.91 Å². The summed E-state index contributed by atoms with van der Waals surface area (Å²) in [7, 11) is 0. The number of anilines is 1. The number of Topliss-reactive ketones (excluding diaryl/α,β-unsaturated/α-hetero) is 1. The van der Waals surface area contributed by atoms with Crippen molar-refractivity contribution in [3.63, 3.8) is 0 Å². The van der Waals surface area contributed by atoms with Gasteiger partial charge in [-0.1, -0.05) is 30.3 Å². The van der Waals surface area contributed by atoms with Crippen LogP contribution in [0.4, 0.5) is 5.69 Å². The number of hydrogen-bond acceptors (Lipinski definition) is 3. The van der Waals surface area contributed by atoms with Gasteiger partial charge in [-0.25, -0.2) is 0 Å². The molecule has 96 valence electrons. The fourth-order valence-corrected chi connectivity index (χ4v) is 1.76. The number of aromatic nitrogens is 1. The van der Waals surface area contributed by atoms with Crippen LogP contribution in [-0.2, 0) is 11.2 Å². The van der Waals surface area contributed by atoms with Crippen LogP contribution >= 0.6 is 0 Å². The van der Waals surface area contributed by atoms with E-state index in [-0.39, 0.29) is 18.1 Å². The first-order chi connectivity index (χ1) is 9.16. The highest BCUT2D eigenvalue weighted by Crippen LogP contribution is 2.15. The Morgan fingerprint density at radius 1 is 1.11 bits per heavy atom. The summed E-state index contributed by atoms with van der Waals surface area (Å²) in [5.74, 6) is -0.202. The molecule has 1 amide bonds. The van der Waals surface area contributed by atoms with Crippen molar-refractivity contribution in [1.29, 1.82) is 0 Å². The number of nitrogens with one attached hydrogen (secondary N) is 1. The average Bonchev–Trinajstić information content (AvgIpc) is 2.41.